The molecule has 1 saturated heterocycles. The molecule has 7 heteroatoms. The average Bonchev–Trinajstić information content (AvgIpc) is 3.28. The first kappa shape index (κ1) is 18.3. The minimum atomic E-state index is 0.0220. The fraction of sp³-hybridized carbons (Fsp3) is 0.500. The van der Waals surface area contributed by atoms with Gasteiger partial charge in [-0.15, -0.1) is 11.3 Å². The normalized spacial score (nSPS) is 17.0. The van der Waals surface area contributed by atoms with Crippen molar-refractivity contribution in [2.45, 2.75) is 25.8 Å². The lowest BCUT2D eigenvalue weighted by atomic mass is 10.3. The molecule has 144 valence electrons. The third kappa shape index (κ3) is 4.25. The molecule has 0 spiro atoms. The Hall–Kier alpha value is -2.12. The van der Waals surface area contributed by atoms with Crippen molar-refractivity contribution < 1.29 is 14.3 Å². The maximum absolute atomic E-state index is 12.5. The second kappa shape index (κ2) is 8.27. The van der Waals surface area contributed by atoms with E-state index in [1.165, 1.54) is 28.4 Å². The summed E-state index contributed by atoms with van der Waals surface area (Å²) in [6.07, 6.45) is 3.59. The van der Waals surface area contributed by atoms with E-state index < -0.39 is 0 Å². The van der Waals surface area contributed by atoms with Crippen LogP contribution in [0.4, 0.5) is 0 Å². The van der Waals surface area contributed by atoms with Gasteiger partial charge in [0.05, 0.1) is 19.3 Å². The molecule has 2 heterocycles. The molecule has 4 rings (SSSR count). The van der Waals surface area contributed by atoms with Crippen LogP contribution in [0.1, 0.15) is 22.0 Å². The molecule has 1 aliphatic carbocycles. The van der Waals surface area contributed by atoms with Gasteiger partial charge in [0.25, 0.3) is 5.91 Å². The first-order chi connectivity index (χ1) is 13.2. The van der Waals surface area contributed by atoms with Crippen molar-refractivity contribution >= 4 is 17.2 Å². The van der Waals surface area contributed by atoms with E-state index in [0.717, 1.165) is 39.1 Å². The monoisotopic (exact) mass is 387 g/mol. The predicted octanol–water partition coefficient (Wildman–Crippen LogP) is 2.36. The van der Waals surface area contributed by atoms with Crippen molar-refractivity contribution in [3.05, 3.63) is 39.8 Å². The molecule has 0 unspecified atom stereocenters. The molecule has 2 aliphatic rings. The van der Waals surface area contributed by atoms with Crippen molar-refractivity contribution in [3.8, 4) is 11.5 Å². The van der Waals surface area contributed by atoms with Crippen LogP contribution < -0.4 is 9.47 Å². The number of benzene rings is 1. The Balaban J connectivity index is 1.24. The van der Waals surface area contributed by atoms with Crippen LogP contribution in [0.25, 0.3) is 0 Å². The molecule has 2 aromatic rings. The summed E-state index contributed by atoms with van der Waals surface area (Å²) in [6.45, 7) is 4.17. The van der Waals surface area contributed by atoms with Crippen LogP contribution in [-0.2, 0) is 24.2 Å². The summed E-state index contributed by atoms with van der Waals surface area (Å²) in [6, 6.07) is 7.39. The SMILES string of the molecule is COc1ccccc1OCC(=O)N1CCN(Cc2nc3c(s2)CCC3)CC1. The predicted molar refractivity (Wildman–Crippen MR) is 104 cm³/mol. The number of para-hydroxylation sites is 2. The molecular weight excluding hydrogens is 362 g/mol. The van der Waals surface area contributed by atoms with Gasteiger partial charge in [0.2, 0.25) is 0 Å². The minimum Gasteiger partial charge on any atom is -0.493 e. The van der Waals surface area contributed by atoms with Crippen LogP contribution in [0.15, 0.2) is 24.3 Å². The third-order valence-corrected chi connectivity index (χ3v) is 6.29. The van der Waals surface area contributed by atoms with E-state index in [2.05, 4.69) is 4.90 Å². The molecule has 0 saturated carbocycles. The van der Waals surface area contributed by atoms with Gasteiger partial charge in [0.1, 0.15) is 5.01 Å². The zero-order valence-corrected chi connectivity index (χ0v) is 16.5. The zero-order valence-electron chi connectivity index (χ0n) is 15.6. The summed E-state index contributed by atoms with van der Waals surface area (Å²) >= 11 is 1.87. The quantitative estimate of drug-likeness (QED) is 0.762. The second-order valence-corrected chi connectivity index (χ2v) is 8.10. The molecule has 0 N–H and O–H groups in total. The van der Waals surface area contributed by atoms with E-state index in [4.69, 9.17) is 14.5 Å². The number of methoxy groups -OCH3 is 1. The van der Waals surface area contributed by atoms with Gasteiger partial charge in [-0.1, -0.05) is 12.1 Å². The molecule has 27 heavy (non-hydrogen) atoms. The molecule has 1 aliphatic heterocycles. The van der Waals surface area contributed by atoms with Crippen molar-refractivity contribution in [2.24, 2.45) is 0 Å². The van der Waals surface area contributed by atoms with Gasteiger partial charge in [-0.05, 0) is 31.4 Å². The van der Waals surface area contributed by atoms with Gasteiger partial charge >= 0.3 is 0 Å². The zero-order chi connectivity index (χ0) is 18.6. The molecule has 0 bridgehead atoms. The highest BCUT2D eigenvalue weighted by Gasteiger charge is 2.23. The number of carbonyl (C=O) groups excluding carboxylic acids is 1. The lowest BCUT2D eigenvalue weighted by Crippen LogP contribution is -2.49. The van der Waals surface area contributed by atoms with E-state index in [-0.39, 0.29) is 12.5 Å². The number of ether oxygens (including phenoxy) is 2. The molecule has 1 aromatic carbocycles. The highest BCUT2D eigenvalue weighted by Crippen LogP contribution is 2.28. The first-order valence-corrected chi connectivity index (χ1v) is 10.3. The molecule has 1 amide bonds. The van der Waals surface area contributed by atoms with E-state index >= 15 is 0 Å². The van der Waals surface area contributed by atoms with Crippen LogP contribution in [0.3, 0.4) is 0 Å². The number of piperazine rings is 1. The van der Waals surface area contributed by atoms with Crippen LogP contribution in [0.5, 0.6) is 11.5 Å². The number of hydrogen-bond acceptors (Lipinski definition) is 6. The van der Waals surface area contributed by atoms with Crippen LogP contribution in [0.2, 0.25) is 0 Å². The van der Waals surface area contributed by atoms with Crippen molar-refractivity contribution in [3.63, 3.8) is 0 Å². The summed E-state index contributed by atoms with van der Waals surface area (Å²) in [7, 11) is 1.60. The van der Waals surface area contributed by atoms with Gasteiger partial charge in [-0.3, -0.25) is 9.69 Å². The maximum atomic E-state index is 12.5. The Kier molecular flexibility index (Phi) is 5.59. The maximum Gasteiger partial charge on any atom is 0.260 e. The number of aryl methyl sites for hydroxylation is 2. The van der Waals surface area contributed by atoms with Gasteiger partial charge in [0.15, 0.2) is 18.1 Å². The van der Waals surface area contributed by atoms with Gasteiger partial charge in [-0.2, -0.15) is 0 Å². The third-order valence-electron chi connectivity index (χ3n) is 5.14. The van der Waals surface area contributed by atoms with E-state index in [9.17, 15) is 4.79 Å². The van der Waals surface area contributed by atoms with Crippen molar-refractivity contribution in [1.82, 2.24) is 14.8 Å². The Morgan fingerprint density at radius 1 is 1.15 bits per heavy atom. The second-order valence-electron chi connectivity index (χ2n) is 6.93. The molecule has 1 aromatic heterocycles. The summed E-state index contributed by atoms with van der Waals surface area (Å²) < 4.78 is 10.9. The minimum absolute atomic E-state index is 0.0220. The van der Waals surface area contributed by atoms with Crippen molar-refractivity contribution in [1.29, 1.82) is 0 Å². The van der Waals surface area contributed by atoms with Crippen LogP contribution in [-0.4, -0.2) is 60.6 Å². The number of thiazole rings is 1. The lowest BCUT2D eigenvalue weighted by molar-refractivity contribution is -0.135. The topological polar surface area (TPSA) is 54.9 Å². The standard InChI is InChI=1S/C20H25N3O3S/c1-25-16-6-2-3-7-17(16)26-14-20(24)23-11-9-22(10-12-23)13-19-21-15-5-4-8-18(15)27-19/h2-3,6-7H,4-5,8-14H2,1H3. The highest BCUT2D eigenvalue weighted by atomic mass is 32.1. The van der Waals surface area contributed by atoms with Gasteiger partial charge in [-0.25, -0.2) is 4.98 Å². The average molecular weight is 388 g/mol. The molecule has 1 fully saturated rings. The van der Waals surface area contributed by atoms with Crippen LogP contribution >= 0.6 is 11.3 Å². The number of aromatic nitrogens is 1. The number of hydrogen-bond donors (Lipinski definition) is 0. The number of fused-ring (bicyclic) bond motifs is 1. The molecule has 0 atom stereocenters. The number of nitrogens with zero attached hydrogens (tertiary/aromatic N) is 3. The van der Waals surface area contributed by atoms with Gasteiger partial charge < -0.3 is 14.4 Å². The molecule has 0 radical (unpaired) electrons. The Bertz CT molecular complexity index is 778. The van der Waals surface area contributed by atoms with Gasteiger partial charge in [0, 0.05) is 31.1 Å². The fourth-order valence-corrected chi connectivity index (χ4v) is 4.83. The summed E-state index contributed by atoms with van der Waals surface area (Å²) in [5.41, 5.74) is 1.32. The number of amides is 1. The van der Waals surface area contributed by atoms with E-state index in [1.54, 1.807) is 7.11 Å². The highest BCUT2D eigenvalue weighted by molar-refractivity contribution is 7.11. The smallest absolute Gasteiger partial charge is 0.260 e. The summed E-state index contributed by atoms with van der Waals surface area (Å²) in [5, 5.41) is 1.22. The van der Waals surface area contributed by atoms with E-state index in [0.29, 0.717) is 11.5 Å². The summed E-state index contributed by atoms with van der Waals surface area (Å²) in [5.74, 6) is 1.27. The van der Waals surface area contributed by atoms with E-state index in [1.807, 2.05) is 40.5 Å². The van der Waals surface area contributed by atoms with Crippen LogP contribution in [0, 0.1) is 0 Å². The first-order valence-electron chi connectivity index (χ1n) is 9.46. The Morgan fingerprint density at radius 2 is 1.93 bits per heavy atom. The van der Waals surface area contributed by atoms with Crippen molar-refractivity contribution in [2.75, 3.05) is 39.9 Å². The number of rotatable bonds is 6. The number of carbonyl (C=O) groups is 1. The fourth-order valence-electron chi connectivity index (χ4n) is 3.63. The molecular formula is C20H25N3O3S. The lowest BCUT2D eigenvalue weighted by Gasteiger charge is -2.34. The Labute approximate surface area is 163 Å². The molecule has 6 nitrogen and oxygen atoms in total. The summed E-state index contributed by atoms with van der Waals surface area (Å²) in [4.78, 5) is 23.0. The largest absolute Gasteiger partial charge is 0.493 e. The Morgan fingerprint density at radius 3 is 2.67 bits per heavy atom.